The highest BCUT2D eigenvalue weighted by atomic mass is 32.1. The molecular weight excluding hydrogens is 408 g/mol. The van der Waals surface area contributed by atoms with Crippen molar-refractivity contribution in [3.63, 3.8) is 0 Å². The third-order valence-corrected chi connectivity index (χ3v) is 6.48. The van der Waals surface area contributed by atoms with Crippen LogP contribution in [0.25, 0.3) is 10.8 Å². The summed E-state index contributed by atoms with van der Waals surface area (Å²) in [4.78, 5) is 33.0. The summed E-state index contributed by atoms with van der Waals surface area (Å²) >= 11 is 5.21. The van der Waals surface area contributed by atoms with Crippen molar-refractivity contribution in [2.24, 2.45) is 0 Å². The van der Waals surface area contributed by atoms with Crippen LogP contribution in [0.4, 0.5) is 17.2 Å². The monoisotopic (exact) mass is 427 g/mol. The number of carbonyl (C=O) groups is 1. The first kappa shape index (κ1) is 17.0. The number of nitrogens with one attached hydrogen (secondary N) is 4. The molecule has 3 heterocycles. The van der Waals surface area contributed by atoms with Crippen molar-refractivity contribution in [1.29, 1.82) is 0 Å². The molecule has 2 aliphatic rings. The number of carbonyl (C=O) groups excluding carboxylic acids is 1. The number of aromatic amines is 2. The van der Waals surface area contributed by atoms with Gasteiger partial charge in [0, 0.05) is 22.5 Å². The summed E-state index contributed by atoms with van der Waals surface area (Å²) < 4.78 is 8.84. The van der Waals surface area contributed by atoms with E-state index in [4.69, 9.17) is 13.6 Å². The summed E-state index contributed by atoms with van der Waals surface area (Å²) in [5.41, 5.74) is 2.05. The van der Waals surface area contributed by atoms with E-state index in [-0.39, 0.29) is 16.2 Å². The molecule has 31 heavy (non-hydrogen) atoms. The molecule has 0 saturated heterocycles. The Labute approximate surface area is 183 Å². The lowest BCUT2D eigenvalue weighted by atomic mass is 9.67. The Morgan fingerprint density at radius 2 is 1.84 bits per heavy atom. The minimum Gasteiger partial charge on any atom is -0.341 e. The molecule has 3 aromatic carbocycles. The predicted molar refractivity (Wildman–Crippen MR) is 124 cm³/mol. The first-order chi connectivity index (χ1) is 15.4. The van der Waals surface area contributed by atoms with Crippen molar-refractivity contribution < 1.29 is 6.17 Å². The van der Waals surface area contributed by atoms with E-state index in [2.05, 4.69) is 20.6 Å². The van der Waals surface area contributed by atoms with Gasteiger partial charge in [0.1, 0.15) is 11.2 Å². The molecule has 4 aromatic rings. The fourth-order valence-corrected chi connectivity index (χ4v) is 5.15. The summed E-state index contributed by atoms with van der Waals surface area (Å²) in [6.07, 6.45) is 0.775. The fourth-order valence-electron chi connectivity index (χ4n) is 4.95. The molecule has 1 atom stereocenters. The summed E-state index contributed by atoms with van der Waals surface area (Å²) in [5.74, 6) is 0.0643. The lowest BCUT2D eigenvalue weighted by Gasteiger charge is -2.36. The topological polar surface area (TPSA) is 89.8 Å². The Kier molecular flexibility index (Phi) is 3.38. The molecule has 4 N–H and O–H groups in total. The zero-order valence-corrected chi connectivity index (χ0v) is 17.4. The van der Waals surface area contributed by atoms with E-state index in [1.165, 1.54) is 0 Å². The maximum Gasteiger partial charge on any atom is 0.258 e. The van der Waals surface area contributed by atoms with Gasteiger partial charge in [0.05, 0.1) is 6.93 Å². The number of amides is 1. The number of benzene rings is 3. The van der Waals surface area contributed by atoms with Gasteiger partial charge in [0.2, 0.25) is 5.91 Å². The normalized spacial score (nSPS) is 18.7. The zero-order chi connectivity index (χ0) is 22.2. The van der Waals surface area contributed by atoms with Crippen molar-refractivity contribution in [2.45, 2.75) is 18.8 Å². The Balaban J connectivity index is 1.88. The Hall–Kier alpha value is -3.71. The molecular formula is C24H18N4O2S. The third-order valence-electron chi connectivity index (χ3n) is 6.27. The van der Waals surface area contributed by atoms with Crippen LogP contribution in [0.1, 0.15) is 30.5 Å². The Morgan fingerprint density at radius 1 is 1.00 bits per heavy atom. The number of anilines is 3. The van der Waals surface area contributed by atoms with Crippen molar-refractivity contribution in [2.75, 3.05) is 10.6 Å². The maximum absolute atomic E-state index is 13.9. The van der Waals surface area contributed by atoms with E-state index in [1.807, 2.05) is 49.4 Å². The van der Waals surface area contributed by atoms with Gasteiger partial charge in [-0.2, -0.15) is 0 Å². The molecule has 0 fully saturated rings. The van der Waals surface area contributed by atoms with Crippen molar-refractivity contribution >= 4 is 46.1 Å². The van der Waals surface area contributed by atoms with Crippen molar-refractivity contribution in [3.05, 3.63) is 92.0 Å². The van der Waals surface area contributed by atoms with E-state index in [1.54, 1.807) is 6.07 Å². The van der Waals surface area contributed by atoms with Crippen LogP contribution in [-0.2, 0) is 16.6 Å². The molecule has 1 unspecified atom stereocenters. The predicted octanol–water partition coefficient (Wildman–Crippen LogP) is 4.49. The smallest absolute Gasteiger partial charge is 0.258 e. The largest absolute Gasteiger partial charge is 0.341 e. The number of aryl methyl sites for hydroxylation is 1. The van der Waals surface area contributed by atoms with Gasteiger partial charge in [-0.1, -0.05) is 49.4 Å². The first-order valence-corrected chi connectivity index (χ1v) is 10.5. The van der Waals surface area contributed by atoms with Crippen LogP contribution in [0.3, 0.4) is 0 Å². The number of rotatable bonds is 1. The SMILES string of the molecule is [2H]c1cccc2ccc3c(c12)C1(C(=O)N3)c2cc(CC)ccc2Nc2[nH]c(=S)[nH]c(=O)c21. The molecule has 0 saturated carbocycles. The number of fused-ring (bicyclic) bond motifs is 8. The van der Waals surface area contributed by atoms with Crippen LogP contribution in [0.15, 0.2) is 59.4 Å². The zero-order valence-electron chi connectivity index (χ0n) is 17.6. The summed E-state index contributed by atoms with van der Waals surface area (Å²) in [6, 6.07) is 15.4. The minimum absolute atomic E-state index is 0.169. The average molecular weight is 428 g/mol. The number of hydrogen-bond acceptors (Lipinski definition) is 4. The molecule has 6 rings (SSSR count). The van der Waals surface area contributed by atoms with Gasteiger partial charge in [-0.3, -0.25) is 14.6 Å². The van der Waals surface area contributed by atoms with Gasteiger partial charge in [-0.25, -0.2) is 0 Å². The van der Waals surface area contributed by atoms with Crippen molar-refractivity contribution in [3.8, 4) is 0 Å². The van der Waals surface area contributed by atoms with E-state index in [0.717, 1.165) is 17.4 Å². The van der Waals surface area contributed by atoms with Gasteiger partial charge in [-0.05, 0) is 47.1 Å². The van der Waals surface area contributed by atoms with Gasteiger partial charge in [-0.15, -0.1) is 0 Å². The van der Waals surface area contributed by atoms with Crippen LogP contribution in [0, 0.1) is 4.77 Å². The fraction of sp³-hybridized carbons (Fsp3) is 0.125. The molecule has 1 amide bonds. The molecule has 0 radical (unpaired) electrons. The van der Waals surface area contributed by atoms with E-state index in [0.29, 0.717) is 39.7 Å². The maximum atomic E-state index is 13.9. The van der Waals surface area contributed by atoms with Crippen LogP contribution < -0.4 is 16.2 Å². The molecule has 0 bridgehead atoms. The highest BCUT2D eigenvalue weighted by Crippen LogP contribution is 2.55. The molecule has 7 heteroatoms. The highest BCUT2D eigenvalue weighted by molar-refractivity contribution is 7.71. The highest BCUT2D eigenvalue weighted by Gasteiger charge is 2.56. The van der Waals surface area contributed by atoms with Crippen LogP contribution in [0.2, 0.25) is 0 Å². The minimum atomic E-state index is -1.43. The second-order valence-electron chi connectivity index (χ2n) is 7.84. The van der Waals surface area contributed by atoms with Crippen LogP contribution in [0.5, 0.6) is 0 Å². The number of H-pyrrole nitrogens is 2. The lowest BCUT2D eigenvalue weighted by Crippen LogP contribution is -2.45. The molecule has 0 aliphatic carbocycles. The van der Waals surface area contributed by atoms with Gasteiger partial charge in [0.25, 0.3) is 5.56 Å². The van der Waals surface area contributed by atoms with E-state index >= 15 is 0 Å². The molecule has 1 spiro atoms. The lowest BCUT2D eigenvalue weighted by molar-refractivity contribution is -0.118. The first-order valence-electron chi connectivity index (χ1n) is 10.6. The second-order valence-corrected chi connectivity index (χ2v) is 8.25. The van der Waals surface area contributed by atoms with Gasteiger partial charge in [0.15, 0.2) is 4.77 Å². The quantitative estimate of drug-likeness (QED) is 0.337. The molecule has 152 valence electrons. The Bertz CT molecular complexity index is 1610. The van der Waals surface area contributed by atoms with E-state index in [9.17, 15) is 9.59 Å². The third kappa shape index (κ3) is 2.24. The van der Waals surface area contributed by atoms with E-state index < -0.39 is 11.0 Å². The Morgan fingerprint density at radius 3 is 2.68 bits per heavy atom. The number of hydrogen-bond donors (Lipinski definition) is 4. The van der Waals surface area contributed by atoms with Gasteiger partial charge >= 0.3 is 0 Å². The second kappa shape index (κ2) is 6.15. The van der Waals surface area contributed by atoms with Crippen LogP contribution >= 0.6 is 12.2 Å². The summed E-state index contributed by atoms with van der Waals surface area (Å²) in [5, 5.41) is 7.74. The molecule has 6 nitrogen and oxygen atoms in total. The van der Waals surface area contributed by atoms with Crippen LogP contribution in [-0.4, -0.2) is 15.9 Å². The molecule has 1 aromatic heterocycles. The average Bonchev–Trinajstić information content (AvgIpc) is 3.05. The summed E-state index contributed by atoms with van der Waals surface area (Å²) in [6.45, 7) is 2.04. The molecule has 2 aliphatic heterocycles. The van der Waals surface area contributed by atoms with Crippen molar-refractivity contribution in [1.82, 2.24) is 9.97 Å². The standard InChI is InChI=1S/C24H18N4O2S/c1-2-12-7-9-16-15(11-12)24(19-20(25-16)27-23(31)28-21(19)29)18-14-6-4-3-5-13(14)8-10-17(18)26-22(24)30/h3-11H,2H2,1H3,(H,26,30)(H3,25,27,28,29,31)/i6D. The summed E-state index contributed by atoms with van der Waals surface area (Å²) in [7, 11) is 0. The van der Waals surface area contributed by atoms with Gasteiger partial charge < -0.3 is 15.6 Å². The number of aromatic nitrogens is 2.